The molecule has 0 bridgehead atoms. The fourth-order valence-electron chi connectivity index (χ4n) is 2.25. The quantitative estimate of drug-likeness (QED) is 0.690. The Kier molecular flexibility index (Phi) is 3.42. The molecule has 0 amide bonds. The van der Waals surface area contributed by atoms with Gasteiger partial charge in [0.25, 0.3) is 0 Å². The first-order chi connectivity index (χ1) is 7.74. The predicted molar refractivity (Wildman–Crippen MR) is 66.8 cm³/mol. The second kappa shape index (κ2) is 4.82. The number of hydrogen-bond donors (Lipinski definition) is 0. The van der Waals surface area contributed by atoms with Crippen molar-refractivity contribution in [3.8, 4) is 0 Å². The molecule has 1 aliphatic rings. The number of carbonyl (C=O) groups excluding carboxylic acids is 1. The van der Waals surface area contributed by atoms with Crippen molar-refractivity contribution in [3.05, 3.63) is 35.4 Å². The van der Waals surface area contributed by atoms with E-state index in [1.165, 1.54) is 24.8 Å². The lowest BCUT2D eigenvalue weighted by Crippen LogP contribution is -2.17. The Hall–Kier alpha value is -1.11. The zero-order valence-electron chi connectivity index (χ0n) is 10.2. The predicted octanol–water partition coefficient (Wildman–Crippen LogP) is 4.18. The van der Waals surface area contributed by atoms with E-state index in [0.29, 0.717) is 11.7 Å². The van der Waals surface area contributed by atoms with Crippen LogP contribution in [0.5, 0.6) is 0 Å². The molecule has 0 heterocycles. The van der Waals surface area contributed by atoms with Gasteiger partial charge >= 0.3 is 0 Å². The van der Waals surface area contributed by atoms with Gasteiger partial charge in [0.05, 0.1) is 0 Å². The summed E-state index contributed by atoms with van der Waals surface area (Å²) in [4.78, 5) is 12.2. The summed E-state index contributed by atoms with van der Waals surface area (Å²) in [6.45, 7) is 4.11. The van der Waals surface area contributed by atoms with E-state index in [1.54, 1.807) is 0 Å². The maximum absolute atomic E-state index is 12.2. The smallest absolute Gasteiger partial charge is 0.165 e. The van der Waals surface area contributed by atoms with Crippen LogP contribution in [0.1, 0.15) is 61.4 Å². The Balaban J connectivity index is 2.28. The van der Waals surface area contributed by atoms with Crippen molar-refractivity contribution in [1.29, 1.82) is 0 Å². The van der Waals surface area contributed by atoms with Gasteiger partial charge in [0.2, 0.25) is 0 Å². The third kappa shape index (κ3) is 2.04. The molecular weight excluding hydrogens is 196 g/mol. The molecule has 0 saturated heterocycles. The molecular formula is C15H20O. The van der Waals surface area contributed by atoms with Gasteiger partial charge in [-0.15, -0.1) is 0 Å². The van der Waals surface area contributed by atoms with Gasteiger partial charge in [0.15, 0.2) is 5.78 Å². The minimum absolute atomic E-state index is 0.154. The van der Waals surface area contributed by atoms with E-state index in [4.69, 9.17) is 0 Å². The summed E-state index contributed by atoms with van der Waals surface area (Å²) < 4.78 is 0. The molecule has 1 aliphatic carbocycles. The molecule has 1 aromatic rings. The van der Waals surface area contributed by atoms with E-state index in [0.717, 1.165) is 12.0 Å². The lowest BCUT2D eigenvalue weighted by Gasteiger charge is -2.28. The van der Waals surface area contributed by atoms with Crippen LogP contribution in [0.4, 0.5) is 0 Å². The monoisotopic (exact) mass is 216 g/mol. The minimum atomic E-state index is 0.154. The van der Waals surface area contributed by atoms with Crippen molar-refractivity contribution in [2.75, 3.05) is 0 Å². The molecule has 16 heavy (non-hydrogen) atoms. The summed E-state index contributed by atoms with van der Waals surface area (Å²) in [5.41, 5.74) is 2.26. The highest BCUT2D eigenvalue weighted by Gasteiger charge is 2.25. The van der Waals surface area contributed by atoms with Crippen LogP contribution in [0, 0.1) is 5.92 Å². The maximum atomic E-state index is 12.2. The van der Waals surface area contributed by atoms with Crippen LogP contribution in [0.3, 0.4) is 0 Å². The molecule has 0 radical (unpaired) electrons. The third-order valence-corrected chi connectivity index (χ3v) is 3.83. The van der Waals surface area contributed by atoms with Crippen molar-refractivity contribution in [2.24, 2.45) is 5.92 Å². The average Bonchev–Trinajstić information content (AvgIpc) is 2.25. The Morgan fingerprint density at radius 3 is 2.62 bits per heavy atom. The van der Waals surface area contributed by atoms with E-state index in [1.807, 2.05) is 19.1 Å². The highest BCUT2D eigenvalue weighted by Crippen LogP contribution is 2.38. The SMILES string of the molecule is CCC(C)C(=O)c1ccccc1C1CCC1. The Bertz CT molecular complexity index is 377. The van der Waals surface area contributed by atoms with Gasteiger partial charge in [0, 0.05) is 11.5 Å². The molecule has 1 aromatic carbocycles. The van der Waals surface area contributed by atoms with E-state index in [9.17, 15) is 4.79 Å². The van der Waals surface area contributed by atoms with Gasteiger partial charge in [0.1, 0.15) is 0 Å². The molecule has 0 N–H and O–H groups in total. The largest absolute Gasteiger partial charge is 0.294 e. The van der Waals surface area contributed by atoms with Gasteiger partial charge in [-0.2, -0.15) is 0 Å². The molecule has 1 nitrogen and oxygen atoms in total. The van der Waals surface area contributed by atoms with Gasteiger partial charge in [-0.25, -0.2) is 0 Å². The van der Waals surface area contributed by atoms with Crippen LogP contribution in [0.15, 0.2) is 24.3 Å². The van der Waals surface area contributed by atoms with Gasteiger partial charge in [-0.3, -0.25) is 4.79 Å². The number of hydrogen-bond acceptors (Lipinski definition) is 1. The molecule has 1 unspecified atom stereocenters. The summed E-state index contributed by atoms with van der Waals surface area (Å²) in [6, 6.07) is 8.18. The van der Waals surface area contributed by atoms with Crippen LogP contribution in [-0.4, -0.2) is 5.78 Å². The van der Waals surface area contributed by atoms with Crippen molar-refractivity contribution < 1.29 is 4.79 Å². The van der Waals surface area contributed by atoms with Crippen LogP contribution >= 0.6 is 0 Å². The molecule has 1 atom stereocenters. The number of carbonyl (C=O) groups is 1. The Labute approximate surface area is 97.9 Å². The fraction of sp³-hybridized carbons (Fsp3) is 0.533. The van der Waals surface area contributed by atoms with Gasteiger partial charge < -0.3 is 0 Å². The molecule has 1 fully saturated rings. The highest BCUT2D eigenvalue weighted by atomic mass is 16.1. The van der Waals surface area contributed by atoms with Crippen LogP contribution in [0.25, 0.3) is 0 Å². The molecule has 0 spiro atoms. The molecule has 1 heteroatoms. The van der Waals surface area contributed by atoms with E-state index in [2.05, 4.69) is 19.1 Å². The first-order valence-corrected chi connectivity index (χ1v) is 6.37. The topological polar surface area (TPSA) is 17.1 Å². The zero-order valence-corrected chi connectivity index (χ0v) is 10.2. The number of ketones is 1. The van der Waals surface area contributed by atoms with E-state index < -0.39 is 0 Å². The van der Waals surface area contributed by atoms with Crippen LogP contribution < -0.4 is 0 Å². The van der Waals surface area contributed by atoms with Crippen molar-refractivity contribution >= 4 is 5.78 Å². The summed E-state index contributed by atoms with van der Waals surface area (Å²) in [5.74, 6) is 1.12. The van der Waals surface area contributed by atoms with Crippen LogP contribution in [-0.2, 0) is 0 Å². The first-order valence-electron chi connectivity index (χ1n) is 6.37. The number of benzene rings is 1. The lowest BCUT2D eigenvalue weighted by molar-refractivity contribution is 0.0925. The number of rotatable bonds is 4. The first kappa shape index (κ1) is 11.4. The van der Waals surface area contributed by atoms with Crippen molar-refractivity contribution in [3.63, 3.8) is 0 Å². The standard InChI is InChI=1S/C15H20O/c1-3-11(2)15(16)14-10-5-4-9-13(14)12-7-6-8-12/h4-5,9-12H,3,6-8H2,1-2H3. The van der Waals surface area contributed by atoms with E-state index >= 15 is 0 Å². The average molecular weight is 216 g/mol. The number of Topliss-reactive ketones (excluding diaryl/α,β-unsaturated/α-hetero) is 1. The molecule has 86 valence electrons. The molecule has 1 saturated carbocycles. The van der Waals surface area contributed by atoms with Crippen LogP contribution in [0.2, 0.25) is 0 Å². The van der Waals surface area contributed by atoms with Gasteiger partial charge in [-0.1, -0.05) is 44.5 Å². The normalized spacial score (nSPS) is 17.9. The fourth-order valence-corrected chi connectivity index (χ4v) is 2.25. The second-order valence-corrected chi connectivity index (χ2v) is 4.89. The van der Waals surface area contributed by atoms with E-state index in [-0.39, 0.29) is 5.92 Å². The molecule has 0 aliphatic heterocycles. The minimum Gasteiger partial charge on any atom is -0.294 e. The summed E-state index contributed by atoms with van der Waals surface area (Å²) in [6.07, 6.45) is 4.75. The van der Waals surface area contributed by atoms with Crippen molar-refractivity contribution in [2.45, 2.75) is 45.4 Å². The summed E-state index contributed by atoms with van der Waals surface area (Å²) in [7, 11) is 0. The zero-order chi connectivity index (χ0) is 11.5. The van der Waals surface area contributed by atoms with Crippen molar-refractivity contribution in [1.82, 2.24) is 0 Å². The second-order valence-electron chi connectivity index (χ2n) is 4.89. The lowest BCUT2D eigenvalue weighted by atomic mass is 9.76. The van der Waals surface area contributed by atoms with Gasteiger partial charge in [-0.05, 0) is 30.7 Å². The molecule has 2 rings (SSSR count). The Morgan fingerprint density at radius 2 is 2.06 bits per heavy atom. The maximum Gasteiger partial charge on any atom is 0.165 e. The Morgan fingerprint density at radius 1 is 1.38 bits per heavy atom. The third-order valence-electron chi connectivity index (χ3n) is 3.83. The summed E-state index contributed by atoms with van der Waals surface area (Å²) in [5, 5.41) is 0. The molecule has 0 aromatic heterocycles. The highest BCUT2D eigenvalue weighted by molar-refractivity contribution is 5.99. The summed E-state index contributed by atoms with van der Waals surface area (Å²) >= 11 is 0.